The Kier molecular flexibility index (Phi) is 3.85. The lowest BCUT2D eigenvalue weighted by molar-refractivity contribution is 0.273. The third-order valence-corrected chi connectivity index (χ3v) is 2.87. The van der Waals surface area contributed by atoms with Gasteiger partial charge in [0.05, 0.1) is 12.6 Å². The molecular weight excluding hydrogens is 226 g/mol. The lowest BCUT2D eigenvalue weighted by Crippen LogP contribution is -2.31. The molecule has 0 amide bonds. The van der Waals surface area contributed by atoms with Crippen molar-refractivity contribution >= 4 is 11.4 Å². The molecule has 0 aromatic heterocycles. The van der Waals surface area contributed by atoms with Crippen molar-refractivity contribution in [2.24, 2.45) is 0 Å². The molecule has 2 N–H and O–H groups in total. The number of rotatable bonds is 4. The average Bonchev–Trinajstić information content (AvgIpc) is 2.42. The van der Waals surface area contributed by atoms with Gasteiger partial charge in [0.2, 0.25) is 0 Å². The van der Waals surface area contributed by atoms with E-state index in [0.717, 1.165) is 11.4 Å². The van der Waals surface area contributed by atoms with Gasteiger partial charge in [0.1, 0.15) is 5.75 Å². The standard InChI is InChI=1S/C15H17NO2/c1-12(11-17)16(13-5-3-2-4-6-13)14-7-9-15(18)10-8-14/h2-10,12,17-18H,11H2,1H3. The lowest BCUT2D eigenvalue weighted by atomic mass is 10.2. The monoisotopic (exact) mass is 243 g/mol. The van der Waals surface area contributed by atoms with Gasteiger partial charge in [-0.3, -0.25) is 0 Å². The van der Waals surface area contributed by atoms with Crippen molar-refractivity contribution in [1.29, 1.82) is 0 Å². The molecule has 2 aromatic rings. The predicted molar refractivity (Wildman–Crippen MR) is 73.2 cm³/mol. The van der Waals surface area contributed by atoms with Crippen molar-refractivity contribution in [3.8, 4) is 5.75 Å². The molecule has 0 aliphatic heterocycles. The van der Waals surface area contributed by atoms with E-state index >= 15 is 0 Å². The van der Waals surface area contributed by atoms with Crippen LogP contribution in [0.15, 0.2) is 54.6 Å². The highest BCUT2D eigenvalue weighted by molar-refractivity contribution is 5.64. The number of para-hydroxylation sites is 1. The zero-order valence-corrected chi connectivity index (χ0v) is 10.3. The summed E-state index contributed by atoms with van der Waals surface area (Å²) >= 11 is 0. The van der Waals surface area contributed by atoms with Crippen molar-refractivity contribution in [1.82, 2.24) is 0 Å². The van der Waals surface area contributed by atoms with Gasteiger partial charge < -0.3 is 15.1 Å². The number of benzene rings is 2. The van der Waals surface area contributed by atoms with Crippen molar-refractivity contribution in [3.63, 3.8) is 0 Å². The van der Waals surface area contributed by atoms with Crippen LogP contribution in [0.25, 0.3) is 0 Å². The molecule has 0 spiro atoms. The summed E-state index contributed by atoms with van der Waals surface area (Å²) in [4.78, 5) is 2.04. The van der Waals surface area contributed by atoms with E-state index in [-0.39, 0.29) is 18.4 Å². The van der Waals surface area contributed by atoms with Gasteiger partial charge in [-0.2, -0.15) is 0 Å². The lowest BCUT2D eigenvalue weighted by Gasteiger charge is -2.30. The molecule has 0 saturated carbocycles. The molecule has 2 aromatic carbocycles. The van der Waals surface area contributed by atoms with Crippen molar-refractivity contribution in [2.75, 3.05) is 11.5 Å². The molecule has 0 heterocycles. The third kappa shape index (κ3) is 2.63. The highest BCUT2D eigenvalue weighted by atomic mass is 16.3. The van der Waals surface area contributed by atoms with E-state index in [1.54, 1.807) is 12.1 Å². The smallest absolute Gasteiger partial charge is 0.115 e. The van der Waals surface area contributed by atoms with Crippen LogP contribution in [0, 0.1) is 0 Å². The first-order chi connectivity index (χ1) is 8.72. The molecule has 18 heavy (non-hydrogen) atoms. The predicted octanol–water partition coefficient (Wildman–Crippen LogP) is 2.91. The number of aliphatic hydroxyl groups excluding tert-OH is 1. The molecule has 0 aliphatic rings. The van der Waals surface area contributed by atoms with E-state index in [9.17, 15) is 10.2 Å². The van der Waals surface area contributed by atoms with Gasteiger partial charge >= 0.3 is 0 Å². The summed E-state index contributed by atoms with van der Waals surface area (Å²) in [5, 5.41) is 18.7. The summed E-state index contributed by atoms with van der Waals surface area (Å²) in [5.41, 5.74) is 1.96. The maximum Gasteiger partial charge on any atom is 0.115 e. The molecule has 0 bridgehead atoms. The Morgan fingerprint density at radius 1 is 0.944 bits per heavy atom. The van der Waals surface area contributed by atoms with E-state index in [1.165, 1.54) is 0 Å². The number of hydrogen-bond acceptors (Lipinski definition) is 3. The van der Waals surface area contributed by atoms with E-state index in [4.69, 9.17) is 0 Å². The van der Waals surface area contributed by atoms with Crippen molar-refractivity contribution < 1.29 is 10.2 Å². The van der Waals surface area contributed by atoms with Crippen LogP contribution in [-0.2, 0) is 0 Å². The zero-order chi connectivity index (χ0) is 13.0. The van der Waals surface area contributed by atoms with E-state index in [0.29, 0.717) is 0 Å². The average molecular weight is 243 g/mol. The van der Waals surface area contributed by atoms with Crippen LogP contribution in [0.5, 0.6) is 5.75 Å². The molecule has 0 fully saturated rings. The number of phenols is 1. The Labute approximate surface area is 107 Å². The second kappa shape index (κ2) is 5.56. The number of hydrogen-bond donors (Lipinski definition) is 2. The van der Waals surface area contributed by atoms with E-state index in [1.807, 2.05) is 54.3 Å². The van der Waals surface area contributed by atoms with Gasteiger partial charge in [-0.05, 0) is 43.3 Å². The molecule has 1 atom stereocenters. The van der Waals surface area contributed by atoms with Gasteiger partial charge in [0.25, 0.3) is 0 Å². The first kappa shape index (κ1) is 12.5. The normalized spacial score (nSPS) is 12.1. The molecule has 3 nitrogen and oxygen atoms in total. The first-order valence-corrected chi connectivity index (χ1v) is 5.96. The SMILES string of the molecule is CC(CO)N(c1ccccc1)c1ccc(O)cc1. The van der Waals surface area contributed by atoms with Crippen LogP contribution in [0.4, 0.5) is 11.4 Å². The maximum absolute atomic E-state index is 9.39. The Morgan fingerprint density at radius 3 is 2.06 bits per heavy atom. The highest BCUT2D eigenvalue weighted by Crippen LogP contribution is 2.28. The maximum atomic E-state index is 9.39. The van der Waals surface area contributed by atoms with Gasteiger partial charge in [0.15, 0.2) is 0 Å². The fourth-order valence-electron chi connectivity index (χ4n) is 1.94. The molecule has 3 heteroatoms. The van der Waals surface area contributed by atoms with Crippen molar-refractivity contribution in [2.45, 2.75) is 13.0 Å². The topological polar surface area (TPSA) is 43.7 Å². The van der Waals surface area contributed by atoms with Crippen LogP contribution >= 0.6 is 0 Å². The number of anilines is 2. The highest BCUT2D eigenvalue weighted by Gasteiger charge is 2.15. The summed E-state index contributed by atoms with van der Waals surface area (Å²) < 4.78 is 0. The summed E-state index contributed by atoms with van der Waals surface area (Å²) in [6.07, 6.45) is 0. The Hall–Kier alpha value is -2.00. The van der Waals surface area contributed by atoms with Crippen LogP contribution in [-0.4, -0.2) is 22.9 Å². The van der Waals surface area contributed by atoms with Crippen LogP contribution in [0.3, 0.4) is 0 Å². The van der Waals surface area contributed by atoms with Gasteiger partial charge in [-0.25, -0.2) is 0 Å². The second-order valence-corrected chi connectivity index (χ2v) is 4.25. The Bertz CT molecular complexity index is 482. The van der Waals surface area contributed by atoms with Gasteiger partial charge in [-0.1, -0.05) is 18.2 Å². The molecule has 1 unspecified atom stereocenters. The minimum Gasteiger partial charge on any atom is -0.508 e. The van der Waals surface area contributed by atoms with Gasteiger partial charge in [-0.15, -0.1) is 0 Å². The summed E-state index contributed by atoms with van der Waals surface area (Å²) in [5.74, 6) is 0.239. The Morgan fingerprint density at radius 2 is 1.50 bits per heavy atom. The van der Waals surface area contributed by atoms with Gasteiger partial charge in [0, 0.05) is 11.4 Å². The summed E-state index contributed by atoms with van der Waals surface area (Å²) in [6, 6.07) is 16.8. The molecule has 94 valence electrons. The molecule has 2 rings (SSSR count). The summed E-state index contributed by atoms with van der Waals surface area (Å²) in [7, 11) is 0. The van der Waals surface area contributed by atoms with E-state index < -0.39 is 0 Å². The number of aliphatic hydroxyl groups is 1. The molecule has 0 radical (unpaired) electrons. The number of phenolic OH excluding ortho intramolecular Hbond substituents is 1. The number of nitrogens with zero attached hydrogens (tertiary/aromatic N) is 1. The molecular formula is C15H17NO2. The molecule has 0 aliphatic carbocycles. The quantitative estimate of drug-likeness (QED) is 0.867. The van der Waals surface area contributed by atoms with Crippen LogP contribution in [0.2, 0.25) is 0 Å². The summed E-state index contributed by atoms with van der Waals surface area (Å²) in [6.45, 7) is 2.02. The first-order valence-electron chi connectivity index (χ1n) is 5.96. The Balaban J connectivity index is 2.40. The van der Waals surface area contributed by atoms with Crippen LogP contribution in [0.1, 0.15) is 6.92 Å². The minimum absolute atomic E-state index is 0.0306. The van der Waals surface area contributed by atoms with Crippen LogP contribution < -0.4 is 4.90 Å². The minimum atomic E-state index is -0.0306. The van der Waals surface area contributed by atoms with Crippen molar-refractivity contribution in [3.05, 3.63) is 54.6 Å². The third-order valence-electron chi connectivity index (χ3n) is 2.87. The zero-order valence-electron chi connectivity index (χ0n) is 10.3. The fourth-order valence-corrected chi connectivity index (χ4v) is 1.94. The fraction of sp³-hybridized carbons (Fsp3) is 0.200. The molecule has 0 saturated heterocycles. The number of aromatic hydroxyl groups is 1. The van der Waals surface area contributed by atoms with E-state index in [2.05, 4.69) is 0 Å². The largest absolute Gasteiger partial charge is 0.508 e. The second-order valence-electron chi connectivity index (χ2n) is 4.25.